The summed E-state index contributed by atoms with van der Waals surface area (Å²) in [4.78, 5) is 23.7. The molecule has 10 nitrogen and oxygen atoms in total. The van der Waals surface area contributed by atoms with Crippen molar-refractivity contribution < 1.29 is 36.8 Å². The summed E-state index contributed by atoms with van der Waals surface area (Å²) >= 11 is 0. The highest BCUT2D eigenvalue weighted by Crippen LogP contribution is 2.50. The Labute approximate surface area is 215 Å². The standard InChI is InChI=1S/C19H22N2O5.C7H8O3S/c1-19(2)8-7-13-16(26-19)11-5-3-4-6-12(11)17(24-14(22)9-20)18(13)25-15(23)10-21;1-6-2-4-7(5-3-6)11(8,9)10/h3-6H,7-10,20-21H2,1-2H3;2-5H,1H3,(H,8,9,10). The first-order chi connectivity index (χ1) is 17.4. The molecule has 1 aliphatic heterocycles. The smallest absolute Gasteiger partial charge is 0.325 e. The molecule has 0 radical (unpaired) electrons. The molecule has 0 saturated heterocycles. The highest BCUT2D eigenvalue weighted by molar-refractivity contribution is 7.85. The van der Waals surface area contributed by atoms with Gasteiger partial charge in [0.25, 0.3) is 10.1 Å². The summed E-state index contributed by atoms with van der Waals surface area (Å²) in [5.41, 5.74) is 12.1. The van der Waals surface area contributed by atoms with Gasteiger partial charge >= 0.3 is 11.9 Å². The monoisotopic (exact) mass is 530 g/mol. The first kappa shape index (κ1) is 28.1. The van der Waals surface area contributed by atoms with Crippen LogP contribution < -0.4 is 25.7 Å². The second-order valence-corrected chi connectivity index (χ2v) is 10.4. The lowest BCUT2D eigenvalue weighted by Gasteiger charge is -2.34. The predicted molar refractivity (Wildman–Crippen MR) is 137 cm³/mol. The molecule has 0 aliphatic carbocycles. The number of esters is 2. The summed E-state index contributed by atoms with van der Waals surface area (Å²) in [6.07, 6.45) is 1.32. The van der Waals surface area contributed by atoms with E-state index in [0.717, 1.165) is 17.4 Å². The van der Waals surface area contributed by atoms with Crippen molar-refractivity contribution in [1.29, 1.82) is 0 Å². The van der Waals surface area contributed by atoms with E-state index < -0.39 is 22.1 Å². The lowest BCUT2D eigenvalue weighted by atomic mass is 9.91. The number of aryl methyl sites for hydroxylation is 1. The van der Waals surface area contributed by atoms with Crippen LogP contribution in [-0.4, -0.2) is 43.6 Å². The summed E-state index contributed by atoms with van der Waals surface area (Å²) < 4.78 is 46.6. The fraction of sp³-hybridized carbons (Fsp3) is 0.308. The second-order valence-electron chi connectivity index (χ2n) is 9.02. The van der Waals surface area contributed by atoms with Crippen LogP contribution in [0.3, 0.4) is 0 Å². The molecule has 0 fully saturated rings. The number of hydrogen-bond acceptors (Lipinski definition) is 9. The zero-order valence-corrected chi connectivity index (χ0v) is 21.6. The minimum atomic E-state index is -4.02. The molecular weight excluding hydrogens is 500 g/mol. The van der Waals surface area contributed by atoms with Gasteiger partial charge in [0, 0.05) is 16.3 Å². The third-order valence-electron chi connectivity index (χ3n) is 5.61. The molecule has 0 aromatic heterocycles. The number of fused-ring (bicyclic) bond motifs is 3. The van der Waals surface area contributed by atoms with Gasteiger partial charge in [-0.1, -0.05) is 42.0 Å². The Morgan fingerprint density at radius 2 is 1.49 bits per heavy atom. The fourth-order valence-electron chi connectivity index (χ4n) is 3.73. The molecule has 0 atom stereocenters. The van der Waals surface area contributed by atoms with Gasteiger partial charge in [-0.25, -0.2) is 0 Å². The Hall–Kier alpha value is -3.51. The molecule has 198 valence electrons. The Morgan fingerprint density at radius 3 is 2.03 bits per heavy atom. The van der Waals surface area contributed by atoms with Crippen molar-refractivity contribution in [2.45, 2.75) is 44.1 Å². The molecule has 0 bridgehead atoms. The van der Waals surface area contributed by atoms with Crippen molar-refractivity contribution in [2.24, 2.45) is 11.5 Å². The van der Waals surface area contributed by atoms with Crippen molar-refractivity contribution in [3.8, 4) is 17.2 Å². The van der Waals surface area contributed by atoms with Gasteiger partial charge in [-0.2, -0.15) is 8.42 Å². The van der Waals surface area contributed by atoms with Gasteiger partial charge in [-0.3, -0.25) is 14.1 Å². The minimum Gasteiger partial charge on any atom is -0.487 e. The lowest BCUT2D eigenvalue weighted by molar-refractivity contribution is -0.135. The zero-order chi connectivity index (χ0) is 27.4. The molecule has 0 unspecified atom stereocenters. The summed E-state index contributed by atoms with van der Waals surface area (Å²) in [6.45, 7) is 5.25. The van der Waals surface area contributed by atoms with Crippen molar-refractivity contribution in [3.05, 3.63) is 59.7 Å². The number of benzene rings is 3. The van der Waals surface area contributed by atoms with Crippen LogP contribution in [0.15, 0.2) is 53.4 Å². The first-order valence-electron chi connectivity index (χ1n) is 11.5. The van der Waals surface area contributed by atoms with E-state index in [1.54, 1.807) is 24.3 Å². The zero-order valence-electron chi connectivity index (χ0n) is 20.8. The Morgan fingerprint density at radius 1 is 0.946 bits per heavy atom. The van der Waals surface area contributed by atoms with Gasteiger partial charge in [0.1, 0.15) is 11.4 Å². The van der Waals surface area contributed by atoms with Crippen LogP contribution in [0, 0.1) is 6.92 Å². The maximum Gasteiger partial charge on any atom is 0.325 e. The Kier molecular flexibility index (Phi) is 8.54. The van der Waals surface area contributed by atoms with Crippen LogP contribution in [0.5, 0.6) is 17.2 Å². The molecule has 0 amide bonds. The number of ether oxygens (including phenoxy) is 3. The number of hydrogen-bond donors (Lipinski definition) is 3. The summed E-state index contributed by atoms with van der Waals surface area (Å²) in [7, 11) is -4.02. The molecule has 0 saturated carbocycles. The average molecular weight is 531 g/mol. The second kappa shape index (κ2) is 11.3. The van der Waals surface area contributed by atoms with E-state index in [9.17, 15) is 18.0 Å². The van der Waals surface area contributed by atoms with Crippen LogP contribution in [0.2, 0.25) is 0 Å². The maximum absolute atomic E-state index is 11.9. The summed E-state index contributed by atoms with van der Waals surface area (Å²) in [5.74, 6) is -0.287. The number of carbonyl (C=O) groups excluding carboxylic acids is 2. The van der Waals surface area contributed by atoms with Crippen LogP contribution in [0.25, 0.3) is 10.8 Å². The topological polar surface area (TPSA) is 168 Å². The van der Waals surface area contributed by atoms with E-state index in [0.29, 0.717) is 23.1 Å². The van der Waals surface area contributed by atoms with Gasteiger partial charge < -0.3 is 25.7 Å². The van der Waals surface area contributed by atoms with E-state index in [-0.39, 0.29) is 35.1 Å². The van der Waals surface area contributed by atoms with Crippen molar-refractivity contribution in [1.82, 2.24) is 0 Å². The highest BCUT2D eigenvalue weighted by atomic mass is 32.2. The molecule has 37 heavy (non-hydrogen) atoms. The first-order valence-corrected chi connectivity index (χ1v) is 12.9. The number of carbonyl (C=O) groups is 2. The van der Waals surface area contributed by atoms with Gasteiger partial charge in [0.05, 0.1) is 18.0 Å². The maximum atomic E-state index is 11.9. The molecule has 0 spiro atoms. The Bertz CT molecular complexity index is 1420. The summed E-state index contributed by atoms with van der Waals surface area (Å²) in [5, 5.41) is 1.38. The number of rotatable bonds is 5. The van der Waals surface area contributed by atoms with E-state index in [1.165, 1.54) is 12.1 Å². The van der Waals surface area contributed by atoms with Crippen LogP contribution >= 0.6 is 0 Å². The Balaban J connectivity index is 0.000000289. The predicted octanol–water partition coefficient (Wildman–Crippen LogP) is 2.91. The van der Waals surface area contributed by atoms with E-state index >= 15 is 0 Å². The number of nitrogens with two attached hydrogens (primary N) is 2. The molecule has 11 heteroatoms. The van der Waals surface area contributed by atoms with Crippen molar-refractivity contribution in [2.75, 3.05) is 13.1 Å². The third-order valence-corrected chi connectivity index (χ3v) is 6.48. The minimum absolute atomic E-state index is 0.0666. The molecule has 1 aliphatic rings. The molecule has 5 N–H and O–H groups in total. The van der Waals surface area contributed by atoms with Crippen LogP contribution in [0.1, 0.15) is 31.4 Å². The molecule has 3 aromatic carbocycles. The van der Waals surface area contributed by atoms with Gasteiger partial charge in [0.2, 0.25) is 0 Å². The van der Waals surface area contributed by atoms with E-state index in [1.807, 2.05) is 32.9 Å². The van der Waals surface area contributed by atoms with E-state index in [4.69, 9.17) is 30.2 Å². The van der Waals surface area contributed by atoms with Crippen LogP contribution in [-0.2, 0) is 26.1 Å². The van der Waals surface area contributed by atoms with E-state index in [2.05, 4.69) is 0 Å². The van der Waals surface area contributed by atoms with Crippen molar-refractivity contribution in [3.63, 3.8) is 0 Å². The summed E-state index contributed by atoms with van der Waals surface area (Å²) in [6, 6.07) is 13.3. The van der Waals surface area contributed by atoms with Crippen LogP contribution in [0.4, 0.5) is 0 Å². The molecule has 3 aromatic rings. The molecular formula is C26H30N2O8S. The fourth-order valence-corrected chi connectivity index (χ4v) is 4.21. The largest absolute Gasteiger partial charge is 0.487 e. The average Bonchev–Trinajstić information content (AvgIpc) is 2.85. The third kappa shape index (κ3) is 6.83. The molecule has 4 rings (SSSR count). The normalized spacial score (nSPS) is 14.0. The molecule has 1 heterocycles. The van der Waals surface area contributed by atoms with Gasteiger partial charge in [0.15, 0.2) is 11.5 Å². The lowest BCUT2D eigenvalue weighted by Crippen LogP contribution is -2.33. The quantitative estimate of drug-likeness (QED) is 0.253. The highest BCUT2D eigenvalue weighted by Gasteiger charge is 2.34. The van der Waals surface area contributed by atoms with Crippen molar-refractivity contribution >= 4 is 32.8 Å². The van der Waals surface area contributed by atoms with Gasteiger partial charge in [-0.15, -0.1) is 0 Å². The SMILES string of the molecule is CC1(C)CCc2c(OC(=O)CN)c(OC(=O)CN)c3ccccc3c2O1.Cc1ccc(S(=O)(=O)O)cc1. The van der Waals surface area contributed by atoms with Gasteiger partial charge in [-0.05, 0) is 45.7 Å².